The number of alkyl halides is 2. The van der Waals surface area contributed by atoms with Crippen molar-refractivity contribution in [1.29, 1.82) is 0 Å². The Morgan fingerprint density at radius 1 is 1.29 bits per heavy atom. The molecule has 0 aromatic heterocycles. The second-order valence-electron chi connectivity index (χ2n) is 4.48. The Bertz CT molecular complexity index is 450. The van der Waals surface area contributed by atoms with Gasteiger partial charge in [0.25, 0.3) is 0 Å². The minimum atomic E-state index is -3.53. The lowest BCUT2D eigenvalue weighted by Gasteiger charge is -2.23. The fourth-order valence-electron chi connectivity index (χ4n) is 2.43. The van der Waals surface area contributed by atoms with E-state index in [0.29, 0.717) is 6.04 Å². The maximum atomic E-state index is 12.9. The summed E-state index contributed by atoms with van der Waals surface area (Å²) in [6, 6.07) is 5.40. The lowest BCUT2D eigenvalue weighted by molar-refractivity contribution is -0.286. The van der Waals surface area contributed by atoms with Gasteiger partial charge in [-0.05, 0) is 31.9 Å². The van der Waals surface area contributed by atoms with Crippen LogP contribution >= 0.6 is 0 Å². The molecule has 17 heavy (non-hydrogen) atoms. The number of benzene rings is 1. The number of anilines is 1. The molecule has 3 rings (SSSR count). The van der Waals surface area contributed by atoms with E-state index < -0.39 is 6.29 Å². The van der Waals surface area contributed by atoms with Gasteiger partial charge in [0.15, 0.2) is 11.5 Å². The summed E-state index contributed by atoms with van der Waals surface area (Å²) in [7, 11) is 0. The van der Waals surface area contributed by atoms with E-state index in [0.717, 1.165) is 25.1 Å². The van der Waals surface area contributed by atoms with E-state index in [1.165, 1.54) is 6.07 Å². The van der Waals surface area contributed by atoms with Crippen LogP contribution in [-0.2, 0) is 0 Å². The molecule has 0 bridgehead atoms. The molecule has 0 amide bonds. The SMILES string of the molecule is CC1CCCN1c1ccc2c(c1)OC(F)(F)O2. The van der Waals surface area contributed by atoms with Crippen molar-refractivity contribution in [2.24, 2.45) is 0 Å². The summed E-state index contributed by atoms with van der Waals surface area (Å²) in [5.74, 6) is 0.220. The van der Waals surface area contributed by atoms with Crippen molar-refractivity contribution in [2.45, 2.75) is 32.1 Å². The van der Waals surface area contributed by atoms with Crippen molar-refractivity contribution in [2.75, 3.05) is 11.4 Å². The molecule has 2 heterocycles. The first-order valence-corrected chi connectivity index (χ1v) is 5.72. The molecule has 3 nitrogen and oxygen atoms in total. The molecule has 5 heteroatoms. The van der Waals surface area contributed by atoms with Crippen LogP contribution in [0, 0.1) is 0 Å². The minimum absolute atomic E-state index is 0.102. The first-order valence-electron chi connectivity index (χ1n) is 5.72. The van der Waals surface area contributed by atoms with E-state index in [-0.39, 0.29) is 11.5 Å². The van der Waals surface area contributed by atoms with Crippen molar-refractivity contribution in [1.82, 2.24) is 0 Å². The van der Waals surface area contributed by atoms with Gasteiger partial charge in [-0.2, -0.15) is 0 Å². The quantitative estimate of drug-likeness (QED) is 0.754. The Morgan fingerprint density at radius 2 is 2.06 bits per heavy atom. The molecule has 0 radical (unpaired) electrons. The highest BCUT2D eigenvalue weighted by Crippen LogP contribution is 2.43. The van der Waals surface area contributed by atoms with E-state index >= 15 is 0 Å². The maximum Gasteiger partial charge on any atom is 0.586 e. The fourth-order valence-corrected chi connectivity index (χ4v) is 2.43. The van der Waals surface area contributed by atoms with Crippen molar-refractivity contribution < 1.29 is 18.3 Å². The van der Waals surface area contributed by atoms with E-state index in [1.54, 1.807) is 12.1 Å². The van der Waals surface area contributed by atoms with Crippen molar-refractivity contribution in [3.8, 4) is 11.5 Å². The topological polar surface area (TPSA) is 21.7 Å². The van der Waals surface area contributed by atoms with Crippen molar-refractivity contribution >= 4 is 5.69 Å². The van der Waals surface area contributed by atoms with Crippen LogP contribution in [0.3, 0.4) is 0 Å². The lowest BCUT2D eigenvalue weighted by atomic mass is 10.2. The highest BCUT2D eigenvalue weighted by atomic mass is 19.3. The smallest absolute Gasteiger partial charge is 0.395 e. The number of hydrogen-bond donors (Lipinski definition) is 0. The molecular formula is C12H13F2NO2. The number of nitrogens with zero attached hydrogens (tertiary/aromatic N) is 1. The van der Waals surface area contributed by atoms with Gasteiger partial charge in [0.1, 0.15) is 0 Å². The lowest BCUT2D eigenvalue weighted by Crippen LogP contribution is -2.26. The third kappa shape index (κ3) is 1.79. The monoisotopic (exact) mass is 241 g/mol. The van der Waals surface area contributed by atoms with Gasteiger partial charge in [0, 0.05) is 24.3 Å². The summed E-state index contributed by atoms with van der Waals surface area (Å²) in [6.45, 7) is 3.09. The average Bonchev–Trinajstić information content (AvgIpc) is 2.78. The standard InChI is InChI=1S/C12H13F2NO2/c1-8-3-2-6-15(8)9-4-5-10-11(7-9)17-12(13,14)16-10/h4-5,7-8H,2-3,6H2,1H3. The Kier molecular flexibility index (Phi) is 2.18. The van der Waals surface area contributed by atoms with E-state index in [9.17, 15) is 8.78 Å². The molecule has 2 aliphatic heterocycles. The van der Waals surface area contributed by atoms with Gasteiger partial charge in [-0.1, -0.05) is 0 Å². The fraction of sp³-hybridized carbons (Fsp3) is 0.500. The number of hydrogen-bond acceptors (Lipinski definition) is 3. The number of ether oxygens (including phenoxy) is 2. The van der Waals surface area contributed by atoms with Gasteiger partial charge in [-0.25, -0.2) is 0 Å². The summed E-state index contributed by atoms with van der Waals surface area (Å²) in [6.07, 6.45) is -1.27. The Morgan fingerprint density at radius 3 is 2.76 bits per heavy atom. The zero-order valence-electron chi connectivity index (χ0n) is 9.45. The third-order valence-corrected chi connectivity index (χ3v) is 3.27. The van der Waals surface area contributed by atoms with Crippen LogP contribution in [-0.4, -0.2) is 18.9 Å². The van der Waals surface area contributed by atoms with E-state index in [1.807, 2.05) is 0 Å². The van der Waals surface area contributed by atoms with Crippen LogP contribution in [0.1, 0.15) is 19.8 Å². The molecule has 0 aliphatic carbocycles. The highest BCUT2D eigenvalue weighted by Gasteiger charge is 2.43. The molecule has 1 atom stereocenters. The number of halogens is 2. The van der Waals surface area contributed by atoms with Gasteiger partial charge in [0.05, 0.1) is 0 Å². The molecule has 2 aliphatic rings. The molecule has 1 unspecified atom stereocenters. The maximum absolute atomic E-state index is 12.9. The third-order valence-electron chi connectivity index (χ3n) is 3.27. The van der Waals surface area contributed by atoms with Crippen LogP contribution in [0.2, 0.25) is 0 Å². The predicted molar refractivity (Wildman–Crippen MR) is 58.7 cm³/mol. The zero-order valence-corrected chi connectivity index (χ0v) is 9.45. The minimum Gasteiger partial charge on any atom is -0.395 e. The molecule has 0 spiro atoms. The Balaban J connectivity index is 1.90. The van der Waals surface area contributed by atoms with Crippen LogP contribution in [0.15, 0.2) is 18.2 Å². The zero-order chi connectivity index (χ0) is 12.0. The van der Waals surface area contributed by atoms with Gasteiger partial charge in [0.2, 0.25) is 0 Å². The molecular weight excluding hydrogens is 228 g/mol. The van der Waals surface area contributed by atoms with Gasteiger partial charge >= 0.3 is 6.29 Å². The Hall–Kier alpha value is -1.52. The van der Waals surface area contributed by atoms with Crippen LogP contribution < -0.4 is 14.4 Å². The van der Waals surface area contributed by atoms with Crippen LogP contribution in [0.25, 0.3) is 0 Å². The molecule has 1 fully saturated rings. The molecule has 0 N–H and O–H groups in total. The average molecular weight is 241 g/mol. The summed E-state index contributed by atoms with van der Waals surface area (Å²) in [5, 5.41) is 0. The van der Waals surface area contributed by atoms with E-state index in [2.05, 4.69) is 21.3 Å². The molecule has 1 aromatic carbocycles. The molecule has 92 valence electrons. The second-order valence-corrected chi connectivity index (χ2v) is 4.48. The van der Waals surface area contributed by atoms with E-state index in [4.69, 9.17) is 0 Å². The molecule has 1 saturated heterocycles. The summed E-state index contributed by atoms with van der Waals surface area (Å²) >= 11 is 0. The summed E-state index contributed by atoms with van der Waals surface area (Å²) in [4.78, 5) is 2.19. The second kappa shape index (κ2) is 3.48. The first-order chi connectivity index (χ1) is 8.05. The van der Waals surface area contributed by atoms with Gasteiger partial charge < -0.3 is 14.4 Å². The molecule has 0 saturated carbocycles. The summed E-state index contributed by atoms with van der Waals surface area (Å²) < 4.78 is 34.5. The predicted octanol–water partition coefficient (Wildman–Crippen LogP) is 3.00. The largest absolute Gasteiger partial charge is 0.586 e. The van der Waals surface area contributed by atoms with Crippen molar-refractivity contribution in [3.63, 3.8) is 0 Å². The van der Waals surface area contributed by atoms with Crippen LogP contribution in [0.5, 0.6) is 11.5 Å². The number of rotatable bonds is 1. The molecule has 1 aromatic rings. The van der Waals surface area contributed by atoms with Gasteiger partial charge in [-0.15, -0.1) is 8.78 Å². The normalized spacial score (nSPS) is 25.4. The van der Waals surface area contributed by atoms with Crippen LogP contribution in [0.4, 0.5) is 14.5 Å². The summed E-state index contributed by atoms with van der Waals surface area (Å²) in [5.41, 5.74) is 0.912. The number of fused-ring (bicyclic) bond motifs is 1. The van der Waals surface area contributed by atoms with Crippen molar-refractivity contribution in [3.05, 3.63) is 18.2 Å². The van der Waals surface area contributed by atoms with Gasteiger partial charge in [-0.3, -0.25) is 0 Å². The Labute approximate surface area is 97.9 Å². The highest BCUT2D eigenvalue weighted by molar-refractivity contribution is 5.58. The first kappa shape index (κ1) is 10.6.